The fraction of sp³-hybridized carbons (Fsp3) is 0.250. The van der Waals surface area contributed by atoms with Gasteiger partial charge in [0.25, 0.3) is 0 Å². The van der Waals surface area contributed by atoms with Crippen molar-refractivity contribution >= 4 is 11.4 Å². The number of hydrogen-bond donors (Lipinski definition) is 1. The third kappa shape index (κ3) is 2.59. The molecule has 0 heterocycles. The van der Waals surface area contributed by atoms with Crippen LogP contribution in [0.3, 0.4) is 0 Å². The van der Waals surface area contributed by atoms with Crippen molar-refractivity contribution in [2.24, 2.45) is 0 Å². The van der Waals surface area contributed by atoms with Crippen molar-refractivity contribution in [3.63, 3.8) is 0 Å². The van der Waals surface area contributed by atoms with Gasteiger partial charge in [-0.3, -0.25) is 10.1 Å². The van der Waals surface area contributed by atoms with Gasteiger partial charge in [0.05, 0.1) is 4.92 Å². The summed E-state index contributed by atoms with van der Waals surface area (Å²) in [4.78, 5) is 9.62. The zero-order valence-electron chi connectivity index (χ0n) is 8.12. The van der Waals surface area contributed by atoms with E-state index in [1.165, 1.54) is 5.01 Å². The molecule has 0 aromatic heterocycles. The van der Waals surface area contributed by atoms with Crippen LogP contribution in [-0.4, -0.2) is 24.0 Å². The lowest BCUT2D eigenvalue weighted by Crippen LogP contribution is -2.20. The number of nitro benzene ring substituents is 1. The molecule has 0 fully saturated rings. The Morgan fingerprint density at radius 3 is 2.47 bits per heavy atom. The van der Waals surface area contributed by atoms with E-state index in [1.807, 2.05) is 0 Å². The van der Waals surface area contributed by atoms with Gasteiger partial charge >= 0.3 is 5.69 Å². The van der Waals surface area contributed by atoms with Crippen LogP contribution in [0.25, 0.3) is 0 Å². The van der Waals surface area contributed by atoms with Crippen LogP contribution in [-0.2, 0) is 0 Å². The third-order valence-corrected chi connectivity index (χ3v) is 1.55. The molecule has 5 nitrogen and oxygen atoms in total. The van der Waals surface area contributed by atoms with Crippen molar-refractivity contribution < 1.29 is 13.7 Å². The Hall–Kier alpha value is -1.76. The van der Waals surface area contributed by atoms with Crippen LogP contribution in [0.15, 0.2) is 12.1 Å². The summed E-state index contributed by atoms with van der Waals surface area (Å²) in [6, 6.07) is 1.33. The lowest BCUT2D eigenvalue weighted by atomic mass is 10.2. The highest BCUT2D eigenvalue weighted by Gasteiger charge is 2.22. The van der Waals surface area contributed by atoms with Crippen LogP contribution >= 0.6 is 0 Å². The molecular weight excluding hydrogens is 208 g/mol. The smallest absolute Gasteiger partial charge is 0.313 e. The normalized spacial score (nSPS) is 10.5. The van der Waals surface area contributed by atoms with E-state index in [2.05, 4.69) is 5.43 Å². The van der Waals surface area contributed by atoms with Gasteiger partial charge in [-0.25, -0.2) is 9.40 Å². The van der Waals surface area contributed by atoms with Crippen LogP contribution in [0, 0.1) is 21.7 Å². The monoisotopic (exact) mass is 217 g/mol. The topological polar surface area (TPSA) is 58.4 Å². The summed E-state index contributed by atoms with van der Waals surface area (Å²) in [6.07, 6.45) is 0. The van der Waals surface area contributed by atoms with Crippen molar-refractivity contribution in [1.82, 2.24) is 5.01 Å². The highest BCUT2D eigenvalue weighted by Crippen LogP contribution is 2.28. The first kappa shape index (κ1) is 11.3. The number of nitrogens with one attached hydrogen (secondary N) is 1. The summed E-state index contributed by atoms with van der Waals surface area (Å²) >= 11 is 0. The summed E-state index contributed by atoms with van der Waals surface area (Å²) in [5.74, 6) is -2.08. The highest BCUT2D eigenvalue weighted by atomic mass is 19.1. The molecule has 0 atom stereocenters. The highest BCUT2D eigenvalue weighted by molar-refractivity contribution is 5.61. The minimum atomic E-state index is -1.20. The summed E-state index contributed by atoms with van der Waals surface area (Å²) < 4.78 is 25.9. The van der Waals surface area contributed by atoms with E-state index < -0.39 is 22.2 Å². The zero-order chi connectivity index (χ0) is 11.6. The van der Waals surface area contributed by atoms with Gasteiger partial charge in [0, 0.05) is 26.2 Å². The largest absolute Gasteiger partial charge is 0.329 e. The summed E-state index contributed by atoms with van der Waals surface area (Å²) in [5, 5.41) is 11.9. The fourth-order valence-electron chi connectivity index (χ4n) is 1.08. The predicted octanol–water partition coefficient (Wildman–Crippen LogP) is 1.76. The predicted molar refractivity (Wildman–Crippen MR) is 50.3 cm³/mol. The SMILES string of the molecule is CN(C)Nc1cc(F)cc(F)c1[N+](=O)[O-]. The zero-order valence-corrected chi connectivity index (χ0v) is 8.12. The number of rotatable bonds is 3. The van der Waals surface area contributed by atoms with Gasteiger partial charge < -0.3 is 5.43 Å². The molecule has 0 saturated carbocycles. The number of anilines is 1. The molecule has 1 aromatic rings. The first-order chi connectivity index (χ1) is 6.91. The van der Waals surface area contributed by atoms with Gasteiger partial charge in [-0.1, -0.05) is 0 Å². The molecule has 1 rings (SSSR count). The number of nitro groups is 1. The summed E-state index contributed by atoms with van der Waals surface area (Å²) in [5.41, 5.74) is 1.46. The number of hydrazine groups is 1. The van der Waals surface area contributed by atoms with E-state index in [-0.39, 0.29) is 5.69 Å². The van der Waals surface area contributed by atoms with Gasteiger partial charge in [-0.15, -0.1) is 0 Å². The minimum Gasteiger partial charge on any atom is -0.313 e. The third-order valence-electron chi connectivity index (χ3n) is 1.55. The van der Waals surface area contributed by atoms with Gasteiger partial charge in [-0.2, -0.15) is 4.39 Å². The Labute approximate surface area is 84.4 Å². The molecule has 0 aliphatic heterocycles. The van der Waals surface area contributed by atoms with E-state index in [0.717, 1.165) is 6.07 Å². The van der Waals surface area contributed by atoms with Crippen LogP contribution in [0.4, 0.5) is 20.2 Å². The molecule has 7 heteroatoms. The Morgan fingerprint density at radius 1 is 1.40 bits per heavy atom. The van der Waals surface area contributed by atoms with Gasteiger partial charge in [-0.05, 0) is 0 Å². The molecule has 0 aliphatic carbocycles. The summed E-state index contributed by atoms with van der Waals surface area (Å²) in [7, 11) is 3.10. The molecule has 15 heavy (non-hydrogen) atoms. The Kier molecular flexibility index (Phi) is 3.15. The van der Waals surface area contributed by atoms with E-state index in [9.17, 15) is 18.9 Å². The molecule has 0 aliphatic rings. The van der Waals surface area contributed by atoms with Gasteiger partial charge in [0.1, 0.15) is 11.5 Å². The minimum absolute atomic E-state index is 0.220. The molecule has 0 bridgehead atoms. The average Bonchev–Trinajstić information content (AvgIpc) is 1.99. The fourth-order valence-corrected chi connectivity index (χ4v) is 1.08. The second-order valence-electron chi connectivity index (χ2n) is 3.05. The van der Waals surface area contributed by atoms with Crippen LogP contribution < -0.4 is 5.43 Å². The van der Waals surface area contributed by atoms with Crippen molar-refractivity contribution in [2.45, 2.75) is 0 Å². The van der Waals surface area contributed by atoms with Crippen LogP contribution in [0.2, 0.25) is 0 Å². The molecule has 1 N–H and O–H groups in total. The maximum absolute atomic E-state index is 13.1. The first-order valence-electron chi connectivity index (χ1n) is 3.99. The van der Waals surface area contributed by atoms with E-state index in [4.69, 9.17) is 0 Å². The maximum atomic E-state index is 13.1. The number of benzene rings is 1. The molecule has 0 unspecified atom stereocenters. The average molecular weight is 217 g/mol. The Bertz CT molecular complexity index is 396. The summed E-state index contributed by atoms with van der Waals surface area (Å²) in [6.45, 7) is 0. The lowest BCUT2D eigenvalue weighted by molar-refractivity contribution is -0.386. The number of halogens is 2. The number of nitrogens with zero attached hydrogens (tertiary/aromatic N) is 2. The maximum Gasteiger partial charge on any atom is 0.329 e. The van der Waals surface area contributed by atoms with Gasteiger partial charge in [0.2, 0.25) is 5.82 Å². The van der Waals surface area contributed by atoms with Crippen molar-refractivity contribution in [2.75, 3.05) is 19.5 Å². The van der Waals surface area contributed by atoms with E-state index in [1.54, 1.807) is 14.1 Å². The van der Waals surface area contributed by atoms with Crippen molar-refractivity contribution in [3.8, 4) is 0 Å². The molecular formula is C8H9F2N3O2. The van der Waals surface area contributed by atoms with Crippen molar-refractivity contribution in [1.29, 1.82) is 0 Å². The molecule has 0 saturated heterocycles. The van der Waals surface area contributed by atoms with Crippen molar-refractivity contribution in [3.05, 3.63) is 33.9 Å². The standard InChI is InChI=1S/C8H9F2N3O2/c1-12(2)11-7-4-5(9)3-6(10)8(7)13(14)15/h3-4,11H,1-2H3. The molecule has 1 aromatic carbocycles. The van der Waals surface area contributed by atoms with Crippen LogP contribution in [0.1, 0.15) is 0 Å². The second-order valence-corrected chi connectivity index (χ2v) is 3.05. The van der Waals surface area contributed by atoms with E-state index in [0.29, 0.717) is 6.07 Å². The van der Waals surface area contributed by atoms with E-state index >= 15 is 0 Å². The second kappa shape index (κ2) is 4.18. The molecule has 0 spiro atoms. The molecule has 0 radical (unpaired) electrons. The molecule has 0 amide bonds. The Morgan fingerprint density at radius 2 is 2.00 bits per heavy atom. The van der Waals surface area contributed by atoms with Gasteiger partial charge in [0.15, 0.2) is 0 Å². The first-order valence-corrected chi connectivity index (χ1v) is 3.99. The van der Waals surface area contributed by atoms with Crippen LogP contribution in [0.5, 0.6) is 0 Å². The quantitative estimate of drug-likeness (QED) is 0.619. The molecule has 82 valence electrons. The lowest BCUT2D eigenvalue weighted by Gasteiger charge is -2.13. The number of hydrogen-bond acceptors (Lipinski definition) is 4. The Balaban J connectivity index is 3.27.